The molecule has 1 aromatic carbocycles. The first kappa shape index (κ1) is 13.0. The first-order valence-electron chi connectivity index (χ1n) is 3.71. The summed E-state index contributed by atoms with van der Waals surface area (Å²) in [6.45, 7) is 0. The summed E-state index contributed by atoms with van der Waals surface area (Å²) in [6, 6.07) is 2.42. The van der Waals surface area contributed by atoms with Crippen LogP contribution in [0.1, 0.15) is 10.4 Å². The molecule has 0 spiro atoms. The van der Waals surface area contributed by atoms with Crippen molar-refractivity contribution in [3.8, 4) is 0 Å². The third-order valence-electron chi connectivity index (χ3n) is 1.59. The summed E-state index contributed by atoms with van der Waals surface area (Å²) in [7, 11) is 2.53. The second kappa shape index (κ2) is 5.90. The zero-order valence-electron chi connectivity index (χ0n) is 7.51. The van der Waals surface area contributed by atoms with E-state index < -0.39 is 11.8 Å². The Morgan fingerprint density at radius 2 is 2.33 bits per heavy atom. The summed E-state index contributed by atoms with van der Waals surface area (Å²) in [4.78, 5) is 11.3. The molecule has 0 aliphatic carbocycles. The molecule has 15 heavy (non-hydrogen) atoms. The van der Waals surface area contributed by atoms with E-state index in [-0.39, 0.29) is 5.56 Å². The molecule has 1 N–H and O–H groups in total. The van der Waals surface area contributed by atoms with Crippen molar-refractivity contribution < 1.29 is 13.9 Å². The maximum absolute atomic E-state index is 13.1. The van der Waals surface area contributed by atoms with Crippen LogP contribution < -0.4 is 4.72 Å². The number of ether oxygens (including phenoxy) is 1. The van der Waals surface area contributed by atoms with Crippen LogP contribution in [-0.2, 0) is 4.74 Å². The van der Waals surface area contributed by atoms with Crippen LogP contribution in [0.2, 0.25) is 0 Å². The summed E-state index contributed by atoms with van der Waals surface area (Å²) >= 11 is 5.21. The molecule has 0 aliphatic rings. The van der Waals surface area contributed by atoms with Gasteiger partial charge in [-0.3, -0.25) is 0 Å². The Labute approximate surface area is 111 Å². The number of carbonyl (C=O) groups excluding carboxylic acids is 1. The topological polar surface area (TPSA) is 38.3 Å². The number of methoxy groups -OCH3 is 1. The third kappa shape index (κ3) is 3.22. The summed E-state index contributed by atoms with van der Waals surface area (Å²) < 4.78 is 21.0. The van der Waals surface area contributed by atoms with E-state index in [4.69, 9.17) is 0 Å². The van der Waals surface area contributed by atoms with Gasteiger partial charge in [0.25, 0.3) is 0 Å². The van der Waals surface area contributed by atoms with Crippen molar-refractivity contribution in [2.45, 2.75) is 0 Å². The molecule has 0 heterocycles. The highest BCUT2D eigenvalue weighted by Crippen LogP contribution is 2.31. The van der Waals surface area contributed by atoms with E-state index in [2.05, 4.69) is 25.4 Å². The van der Waals surface area contributed by atoms with Gasteiger partial charge in [-0.1, -0.05) is 0 Å². The minimum Gasteiger partial charge on any atom is -0.465 e. The molecule has 1 rings (SSSR count). The fourth-order valence-electron chi connectivity index (χ4n) is 0.964. The second-order valence-electron chi connectivity index (χ2n) is 2.49. The van der Waals surface area contributed by atoms with Gasteiger partial charge in [-0.05, 0) is 28.1 Å². The molecular formula is C8H6BrFINO2S. The van der Waals surface area contributed by atoms with Crippen LogP contribution >= 0.6 is 46.3 Å². The zero-order chi connectivity index (χ0) is 11.4. The molecule has 0 radical (unpaired) electrons. The molecule has 0 atom stereocenters. The molecule has 7 heteroatoms. The summed E-state index contributed by atoms with van der Waals surface area (Å²) in [5, 5.41) is 0. The number of hydrogen-bond donors (Lipinski definition) is 1. The molecule has 3 nitrogen and oxygen atoms in total. The average Bonchev–Trinajstić information content (AvgIpc) is 2.22. The maximum atomic E-state index is 13.1. The predicted molar refractivity (Wildman–Crippen MR) is 70.7 cm³/mol. The highest BCUT2D eigenvalue weighted by Gasteiger charge is 2.15. The van der Waals surface area contributed by atoms with E-state index in [1.807, 2.05) is 21.2 Å². The highest BCUT2D eigenvalue weighted by molar-refractivity contribution is 14.2. The number of anilines is 1. The Morgan fingerprint density at radius 1 is 1.67 bits per heavy atom. The van der Waals surface area contributed by atoms with E-state index in [1.54, 1.807) is 0 Å². The summed E-state index contributed by atoms with van der Waals surface area (Å²) in [6.07, 6.45) is 0. The fourth-order valence-corrected chi connectivity index (χ4v) is 2.54. The van der Waals surface area contributed by atoms with Crippen molar-refractivity contribution in [2.24, 2.45) is 0 Å². The number of benzene rings is 1. The van der Waals surface area contributed by atoms with E-state index >= 15 is 0 Å². The van der Waals surface area contributed by atoms with E-state index in [1.165, 1.54) is 22.3 Å². The summed E-state index contributed by atoms with van der Waals surface area (Å²) in [5.74, 6) is -1.07. The van der Waals surface area contributed by atoms with Gasteiger partial charge >= 0.3 is 5.97 Å². The molecular weight excluding hydrogens is 400 g/mol. The van der Waals surface area contributed by atoms with Crippen LogP contribution in [0, 0.1) is 5.82 Å². The monoisotopic (exact) mass is 405 g/mol. The van der Waals surface area contributed by atoms with Crippen LogP contribution in [0.15, 0.2) is 16.6 Å². The fraction of sp³-hybridized carbons (Fsp3) is 0.125. The molecule has 0 aromatic heterocycles. The quantitative estimate of drug-likeness (QED) is 0.471. The lowest BCUT2D eigenvalue weighted by Crippen LogP contribution is -2.04. The van der Waals surface area contributed by atoms with Gasteiger partial charge < -0.3 is 9.46 Å². The lowest BCUT2D eigenvalue weighted by Gasteiger charge is -2.08. The molecule has 0 amide bonds. The summed E-state index contributed by atoms with van der Waals surface area (Å²) in [5.41, 5.74) is 0.653. The Morgan fingerprint density at radius 3 is 2.87 bits per heavy atom. The molecule has 82 valence electrons. The van der Waals surface area contributed by atoms with Crippen LogP contribution in [0.25, 0.3) is 0 Å². The van der Waals surface area contributed by atoms with Crippen molar-refractivity contribution in [3.05, 3.63) is 28.0 Å². The van der Waals surface area contributed by atoms with Crippen LogP contribution in [0.5, 0.6) is 0 Å². The first-order chi connectivity index (χ1) is 7.10. The Balaban J connectivity index is 3.21. The predicted octanol–water partition coefficient (Wildman–Crippen LogP) is 3.78. The van der Waals surface area contributed by atoms with Crippen molar-refractivity contribution in [3.63, 3.8) is 0 Å². The minimum absolute atomic E-state index is 0.158. The van der Waals surface area contributed by atoms with Crippen molar-refractivity contribution in [1.82, 2.24) is 0 Å². The van der Waals surface area contributed by atoms with Gasteiger partial charge in [0.15, 0.2) is 0 Å². The van der Waals surface area contributed by atoms with Gasteiger partial charge in [0.2, 0.25) is 0 Å². The van der Waals surface area contributed by atoms with Gasteiger partial charge in [0, 0.05) is 30.3 Å². The van der Waals surface area contributed by atoms with Gasteiger partial charge in [-0.25, -0.2) is 9.18 Å². The first-order valence-corrected chi connectivity index (χ1v) is 7.86. The van der Waals surface area contributed by atoms with E-state index in [0.29, 0.717) is 10.2 Å². The van der Waals surface area contributed by atoms with Gasteiger partial charge in [-0.2, -0.15) is 0 Å². The molecule has 0 saturated carbocycles. The SMILES string of the molecule is COC(=O)c1cc(F)cc(NSI)c1Br. The number of rotatable bonds is 3. The number of hydrogen-bond acceptors (Lipinski definition) is 4. The van der Waals surface area contributed by atoms with E-state index in [0.717, 1.165) is 6.07 Å². The number of carbonyl (C=O) groups is 1. The lowest BCUT2D eigenvalue weighted by molar-refractivity contribution is 0.0599. The van der Waals surface area contributed by atoms with Crippen LogP contribution in [0.3, 0.4) is 0 Å². The minimum atomic E-state index is -0.581. The maximum Gasteiger partial charge on any atom is 0.339 e. The van der Waals surface area contributed by atoms with Gasteiger partial charge in [-0.15, -0.1) is 0 Å². The Bertz CT molecular complexity index is 391. The standard InChI is InChI=1S/C8H6BrFINO2S/c1-14-8(13)5-2-4(10)3-6(7(5)9)12-15-11/h2-3,12H,1H3. The molecule has 0 fully saturated rings. The molecule has 0 bridgehead atoms. The van der Waals surface area contributed by atoms with Crippen LogP contribution in [0.4, 0.5) is 10.1 Å². The number of esters is 1. The van der Waals surface area contributed by atoms with Crippen molar-refractivity contribution >= 4 is 57.9 Å². The highest BCUT2D eigenvalue weighted by atomic mass is 127. The van der Waals surface area contributed by atoms with E-state index in [9.17, 15) is 9.18 Å². The number of halogens is 3. The smallest absolute Gasteiger partial charge is 0.339 e. The normalized spacial score (nSPS) is 9.87. The molecule has 0 unspecified atom stereocenters. The molecule has 0 aliphatic heterocycles. The largest absolute Gasteiger partial charge is 0.465 e. The van der Waals surface area contributed by atoms with Crippen molar-refractivity contribution in [2.75, 3.05) is 11.8 Å². The second-order valence-corrected chi connectivity index (χ2v) is 4.96. The Hall–Kier alpha value is -0.0200. The number of nitrogens with one attached hydrogen (secondary N) is 1. The zero-order valence-corrected chi connectivity index (χ0v) is 12.1. The average molecular weight is 406 g/mol. The van der Waals surface area contributed by atoms with Gasteiger partial charge in [0.05, 0.1) is 22.8 Å². The lowest BCUT2D eigenvalue weighted by atomic mass is 10.2. The molecule has 0 saturated heterocycles. The van der Waals surface area contributed by atoms with Crippen molar-refractivity contribution in [1.29, 1.82) is 0 Å². The molecule has 1 aromatic rings. The third-order valence-corrected chi connectivity index (χ3v) is 3.40. The van der Waals surface area contributed by atoms with Gasteiger partial charge in [0.1, 0.15) is 5.82 Å². The Kier molecular flexibility index (Phi) is 5.13. The van der Waals surface area contributed by atoms with Crippen LogP contribution in [-0.4, -0.2) is 13.1 Å².